The summed E-state index contributed by atoms with van der Waals surface area (Å²) in [6, 6.07) is 29.2. The largest absolute Gasteiger partial charge is 0.305 e. The fraction of sp³-hybridized carbons (Fsp3) is 0.353. The molecule has 37 heavy (non-hydrogen) atoms. The van der Waals surface area contributed by atoms with Gasteiger partial charge in [0.15, 0.2) is 0 Å². The normalized spacial score (nSPS) is 15.4. The van der Waals surface area contributed by atoms with E-state index in [1.807, 2.05) is 48.7 Å². The Bertz CT molecular complexity index is 1250. The number of aromatic nitrogens is 2. The van der Waals surface area contributed by atoms with E-state index in [0.717, 1.165) is 22.5 Å². The molecule has 2 heterocycles. The predicted molar refractivity (Wildman–Crippen MR) is 151 cm³/mol. The smallest absolute Gasteiger partial charge is 0.0198 e. The monoisotopic (exact) mass is 667 g/mol. The number of pyridine rings is 2. The third kappa shape index (κ3) is 6.83. The molecule has 0 atom stereocenters. The SMILES string of the molecule is CC(C)(C)c1ccc(-c2[c-]cc3c(c2)C(C)(C)CCC3(C)C)nc1.[Ir].[c-]1ccccc1-c1ccccn1. The van der Waals surface area contributed by atoms with Crippen LogP contribution in [0.3, 0.4) is 0 Å². The topological polar surface area (TPSA) is 25.8 Å². The molecule has 0 saturated carbocycles. The minimum Gasteiger partial charge on any atom is -0.305 e. The third-order valence-electron chi connectivity index (χ3n) is 7.34. The van der Waals surface area contributed by atoms with Crippen molar-refractivity contribution in [2.24, 2.45) is 0 Å². The molecule has 0 aliphatic heterocycles. The molecule has 195 valence electrons. The molecule has 0 bridgehead atoms. The Labute approximate surface area is 237 Å². The molecular weight excluding hydrogens is 629 g/mol. The van der Waals surface area contributed by atoms with E-state index >= 15 is 0 Å². The van der Waals surface area contributed by atoms with E-state index in [1.54, 1.807) is 6.20 Å². The summed E-state index contributed by atoms with van der Waals surface area (Å²) < 4.78 is 0. The van der Waals surface area contributed by atoms with Gasteiger partial charge in [0.05, 0.1) is 0 Å². The van der Waals surface area contributed by atoms with E-state index in [0.29, 0.717) is 0 Å². The number of nitrogens with zero attached hydrogens (tertiary/aromatic N) is 2. The molecule has 2 nitrogen and oxygen atoms in total. The number of hydrogen-bond acceptors (Lipinski definition) is 2. The van der Waals surface area contributed by atoms with Crippen molar-refractivity contribution in [3.05, 3.63) is 108 Å². The molecule has 0 unspecified atom stereocenters. The number of benzene rings is 2. The van der Waals surface area contributed by atoms with Crippen molar-refractivity contribution in [3.8, 4) is 22.5 Å². The third-order valence-corrected chi connectivity index (χ3v) is 7.34. The van der Waals surface area contributed by atoms with Crippen molar-refractivity contribution in [2.75, 3.05) is 0 Å². The zero-order chi connectivity index (χ0) is 26.0. The number of fused-ring (bicyclic) bond motifs is 1. The molecule has 1 aliphatic carbocycles. The van der Waals surface area contributed by atoms with E-state index < -0.39 is 0 Å². The molecule has 4 aromatic rings. The Hall–Kier alpha value is -2.61. The summed E-state index contributed by atoms with van der Waals surface area (Å²) in [5, 5.41) is 0. The van der Waals surface area contributed by atoms with Crippen LogP contribution in [0.15, 0.2) is 79.1 Å². The Morgan fingerprint density at radius 1 is 0.730 bits per heavy atom. The van der Waals surface area contributed by atoms with Gasteiger partial charge in [-0.1, -0.05) is 79.2 Å². The van der Waals surface area contributed by atoms with Gasteiger partial charge >= 0.3 is 0 Å². The summed E-state index contributed by atoms with van der Waals surface area (Å²) in [6.45, 7) is 16.1. The van der Waals surface area contributed by atoms with Crippen molar-refractivity contribution in [2.45, 2.75) is 77.6 Å². The first kappa shape index (κ1) is 29.0. The molecule has 3 heteroatoms. The summed E-state index contributed by atoms with van der Waals surface area (Å²) in [4.78, 5) is 8.93. The van der Waals surface area contributed by atoms with Crippen LogP contribution in [0.4, 0.5) is 0 Å². The summed E-state index contributed by atoms with van der Waals surface area (Å²) in [7, 11) is 0. The first-order valence-electron chi connectivity index (χ1n) is 12.9. The maximum atomic E-state index is 4.72. The summed E-state index contributed by atoms with van der Waals surface area (Å²) in [5.74, 6) is 0. The average Bonchev–Trinajstić information content (AvgIpc) is 2.88. The van der Waals surface area contributed by atoms with Gasteiger partial charge in [-0.05, 0) is 45.7 Å². The van der Waals surface area contributed by atoms with E-state index in [9.17, 15) is 0 Å². The number of rotatable bonds is 2. The average molecular weight is 667 g/mol. The Morgan fingerprint density at radius 2 is 1.41 bits per heavy atom. The molecule has 0 fully saturated rings. The Balaban J connectivity index is 0.000000246. The van der Waals surface area contributed by atoms with Crippen molar-refractivity contribution in [1.29, 1.82) is 0 Å². The van der Waals surface area contributed by atoms with E-state index in [2.05, 4.69) is 89.8 Å². The van der Waals surface area contributed by atoms with Crippen LogP contribution >= 0.6 is 0 Å². The molecule has 2 aromatic carbocycles. The van der Waals surface area contributed by atoms with Gasteiger partial charge < -0.3 is 9.97 Å². The minimum absolute atomic E-state index is 0. The Kier molecular flexibility index (Phi) is 8.93. The zero-order valence-corrected chi connectivity index (χ0v) is 25.5. The van der Waals surface area contributed by atoms with Crippen LogP contribution in [0, 0.1) is 12.1 Å². The van der Waals surface area contributed by atoms with Crippen LogP contribution in [0.2, 0.25) is 0 Å². The van der Waals surface area contributed by atoms with Gasteiger partial charge in [-0.2, -0.15) is 0 Å². The fourth-order valence-corrected chi connectivity index (χ4v) is 4.73. The minimum atomic E-state index is 0. The van der Waals surface area contributed by atoms with Crippen LogP contribution < -0.4 is 0 Å². The quantitative estimate of drug-likeness (QED) is 0.200. The van der Waals surface area contributed by atoms with Gasteiger partial charge in [0.1, 0.15) is 0 Å². The van der Waals surface area contributed by atoms with Crippen LogP contribution in [-0.4, -0.2) is 9.97 Å². The second-order valence-corrected chi connectivity index (χ2v) is 12.1. The van der Waals surface area contributed by atoms with Crippen LogP contribution in [0.1, 0.15) is 78.0 Å². The van der Waals surface area contributed by atoms with Crippen molar-refractivity contribution >= 4 is 0 Å². The molecular formula is C34H38IrN2-2. The molecule has 5 rings (SSSR count). The molecule has 0 saturated heterocycles. The standard InChI is InChI=1S/C23H30N.C11H8N.Ir/c1-21(2,3)17-9-11-20(24-15-17)16-8-10-18-19(14-16)23(6,7)13-12-22(18,4)5;1-2-6-10(7-3-1)11-8-4-5-9-12-11;/h9-11,14-15H,12-13H2,1-7H3;1-6,8-9H;/q2*-1;. The van der Waals surface area contributed by atoms with E-state index in [1.165, 1.54) is 29.5 Å². The molecule has 2 aromatic heterocycles. The zero-order valence-electron chi connectivity index (χ0n) is 23.1. The van der Waals surface area contributed by atoms with Crippen molar-refractivity contribution in [3.63, 3.8) is 0 Å². The first-order valence-corrected chi connectivity index (χ1v) is 12.9. The summed E-state index contributed by atoms with van der Waals surface area (Å²) >= 11 is 0. The molecule has 1 aliphatic rings. The molecule has 0 amide bonds. The summed E-state index contributed by atoms with van der Waals surface area (Å²) in [5.41, 5.74) is 8.93. The Morgan fingerprint density at radius 3 is 1.97 bits per heavy atom. The maximum absolute atomic E-state index is 4.72. The first-order chi connectivity index (χ1) is 17.0. The maximum Gasteiger partial charge on any atom is 0.0198 e. The number of hydrogen-bond donors (Lipinski definition) is 0. The second kappa shape index (κ2) is 11.4. The van der Waals surface area contributed by atoms with E-state index in [-0.39, 0.29) is 36.4 Å². The van der Waals surface area contributed by atoms with Gasteiger partial charge in [0.2, 0.25) is 0 Å². The second-order valence-electron chi connectivity index (χ2n) is 12.1. The van der Waals surface area contributed by atoms with Gasteiger partial charge in [-0.15, -0.1) is 70.8 Å². The van der Waals surface area contributed by atoms with Gasteiger partial charge in [-0.3, -0.25) is 0 Å². The summed E-state index contributed by atoms with van der Waals surface area (Å²) in [6.07, 6.45) is 6.26. The molecule has 1 radical (unpaired) electrons. The molecule has 0 spiro atoms. The van der Waals surface area contributed by atoms with Crippen LogP contribution in [-0.2, 0) is 36.4 Å². The van der Waals surface area contributed by atoms with Crippen LogP contribution in [0.5, 0.6) is 0 Å². The van der Waals surface area contributed by atoms with E-state index in [4.69, 9.17) is 4.98 Å². The van der Waals surface area contributed by atoms with Gasteiger partial charge in [-0.25, -0.2) is 0 Å². The van der Waals surface area contributed by atoms with Crippen molar-refractivity contribution in [1.82, 2.24) is 9.97 Å². The fourth-order valence-electron chi connectivity index (χ4n) is 4.73. The predicted octanol–water partition coefficient (Wildman–Crippen LogP) is 8.74. The molecule has 0 N–H and O–H groups in total. The van der Waals surface area contributed by atoms with Crippen molar-refractivity contribution < 1.29 is 20.1 Å². The van der Waals surface area contributed by atoms with Gasteiger partial charge in [0, 0.05) is 32.5 Å². The van der Waals surface area contributed by atoms with Gasteiger partial charge in [0.25, 0.3) is 0 Å². The van der Waals surface area contributed by atoms with Crippen LogP contribution in [0.25, 0.3) is 22.5 Å².